The number of para-hydroxylation sites is 1. The highest BCUT2D eigenvalue weighted by Gasteiger charge is 2.18. The lowest BCUT2D eigenvalue weighted by Crippen LogP contribution is -2.68. The molecule has 0 aliphatic carbocycles. The molecule has 0 spiro atoms. The Morgan fingerprint density at radius 1 is 1.07 bits per heavy atom. The lowest BCUT2D eigenvalue weighted by atomic mass is 10.0. The molecule has 0 unspecified atom stereocenters. The van der Waals surface area contributed by atoms with Gasteiger partial charge >= 0.3 is 6.08 Å². The third-order valence-electron chi connectivity index (χ3n) is 5.34. The normalized spacial score (nSPS) is 17.0. The van der Waals surface area contributed by atoms with Gasteiger partial charge in [0.25, 0.3) is 0 Å². The zero-order valence-corrected chi connectivity index (χ0v) is 17.4. The lowest BCUT2D eigenvalue weighted by molar-refractivity contribution is -0.384. The average Bonchev–Trinajstić information content (AvgIpc) is 2.66. The molecule has 1 aliphatic rings. The van der Waals surface area contributed by atoms with E-state index in [0.717, 1.165) is 31.7 Å². The van der Waals surface area contributed by atoms with Crippen LogP contribution in [0.1, 0.15) is 77.2 Å². The molecular formula is C23H39N2O2+. The van der Waals surface area contributed by atoms with Crippen molar-refractivity contribution in [3.8, 4) is 0 Å². The fourth-order valence-corrected chi connectivity index (χ4v) is 3.83. The number of aliphatic hydroxyl groups is 1. The first-order valence-electron chi connectivity index (χ1n) is 11.0. The first-order chi connectivity index (χ1) is 13.2. The number of likely N-dealkylation sites (tertiary alicyclic amines) is 1. The second-order valence-corrected chi connectivity index (χ2v) is 7.89. The van der Waals surface area contributed by atoms with Gasteiger partial charge in [-0.15, -0.1) is 4.99 Å². The van der Waals surface area contributed by atoms with Crippen molar-refractivity contribution in [1.82, 2.24) is 4.90 Å². The first kappa shape index (κ1) is 21.7. The fraction of sp³-hybridized carbons (Fsp3) is 0.696. The van der Waals surface area contributed by atoms with Crippen LogP contribution in [0.25, 0.3) is 0 Å². The molecule has 4 heteroatoms. The maximum atomic E-state index is 10.3. The molecule has 0 amide bonds. The van der Waals surface area contributed by atoms with Crippen LogP contribution in [0.2, 0.25) is 0 Å². The summed E-state index contributed by atoms with van der Waals surface area (Å²) in [5.41, 5.74) is 2.19. The van der Waals surface area contributed by atoms with Crippen LogP contribution in [0, 0.1) is 0 Å². The predicted octanol–water partition coefficient (Wildman–Crippen LogP) is 4.11. The number of ether oxygens (including phenoxy) is 1. The first-order valence-corrected chi connectivity index (χ1v) is 11.0. The van der Waals surface area contributed by atoms with E-state index < -0.39 is 0 Å². The summed E-state index contributed by atoms with van der Waals surface area (Å²) in [5, 5.41) is 10.3. The topological polar surface area (TPSA) is 46.7 Å². The standard InChI is InChI=1S/C23H38N2O2/c1-3-4-5-6-7-9-14-21-15-10-11-16-22(21)24-23(26)27-20(2)19-25-17-12-8-13-18-25/h10-11,15-16,20H,3-9,12-14,17-19H2,1-2H3,(H,24,26)/p+1/t20-/m1/s1. The van der Waals surface area contributed by atoms with E-state index in [1.807, 2.05) is 19.1 Å². The number of nitrogens with one attached hydrogen (secondary N) is 1. The highest BCUT2D eigenvalue weighted by atomic mass is 16.6. The summed E-state index contributed by atoms with van der Waals surface area (Å²) < 4.78 is 5.70. The summed E-state index contributed by atoms with van der Waals surface area (Å²) in [6, 6.07) is 8.21. The number of hydrogen-bond donors (Lipinski definition) is 2. The highest BCUT2D eigenvalue weighted by Crippen LogP contribution is 2.14. The Hall–Kier alpha value is -1.55. The number of hydrogen-bond acceptors (Lipinski definition) is 2. The van der Waals surface area contributed by atoms with Gasteiger partial charge in [-0.2, -0.15) is 0 Å². The molecule has 0 saturated carbocycles. The molecule has 2 N–H and O–H groups in total. The molecule has 0 radical (unpaired) electrons. The van der Waals surface area contributed by atoms with E-state index in [1.54, 1.807) is 0 Å². The van der Waals surface area contributed by atoms with Gasteiger partial charge in [0.05, 0.1) is 0 Å². The second kappa shape index (κ2) is 12.8. The van der Waals surface area contributed by atoms with Gasteiger partial charge in [0.15, 0.2) is 0 Å². The van der Waals surface area contributed by atoms with Crippen LogP contribution >= 0.6 is 0 Å². The minimum atomic E-state index is -0.0881. The molecule has 1 aromatic rings. The van der Waals surface area contributed by atoms with Crippen LogP contribution in [0.5, 0.6) is 0 Å². The summed E-state index contributed by atoms with van der Waals surface area (Å²) in [4.78, 5) is 5.50. The summed E-state index contributed by atoms with van der Waals surface area (Å²) in [6.45, 7) is 7.42. The lowest BCUT2D eigenvalue weighted by Gasteiger charge is -2.28. The van der Waals surface area contributed by atoms with Crippen molar-refractivity contribution in [3.63, 3.8) is 0 Å². The van der Waals surface area contributed by atoms with Gasteiger partial charge in [0.1, 0.15) is 6.10 Å². The number of aliphatic hydroxyl groups excluding tert-OH is 1. The van der Waals surface area contributed by atoms with E-state index in [-0.39, 0.29) is 12.2 Å². The Labute approximate surface area is 165 Å². The SMILES string of the molecule is CCCCCCCCc1ccccc1[NH+]=C(O)O[C@H](C)CN1CCCCC1. The molecule has 1 aliphatic heterocycles. The van der Waals surface area contributed by atoms with Gasteiger partial charge in [0.2, 0.25) is 5.69 Å². The van der Waals surface area contributed by atoms with Crippen molar-refractivity contribution in [1.29, 1.82) is 0 Å². The molecule has 2 rings (SSSR count). The summed E-state index contributed by atoms with van der Waals surface area (Å²) in [6.07, 6.45) is 12.5. The molecule has 1 saturated heterocycles. The van der Waals surface area contributed by atoms with Crippen molar-refractivity contribution >= 4 is 11.8 Å². The number of unbranched alkanes of at least 4 members (excludes halogenated alkanes) is 5. The Kier molecular flexibility index (Phi) is 10.3. The van der Waals surface area contributed by atoms with Gasteiger partial charge in [-0.25, -0.2) is 0 Å². The second-order valence-electron chi connectivity index (χ2n) is 7.89. The molecule has 27 heavy (non-hydrogen) atoms. The Morgan fingerprint density at radius 2 is 1.78 bits per heavy atom. The van der Waals surface area contributed by atoms with E-state index in [1.165, 1.54) is 63.4 Å². The van der Waals surface area contributed by atoms with Gasteiger partial charge in [0, 0.05) is 18.2 Å². The Balaban J connectivity index is 1.81. The summed E-state index contributed by atoms with van der Waals surface area (Å²) in [7, 11) is 0. The van der Waals surface area contributed by atoms with E-state index in [4.69, 9.17) is 4.74 Å². The number of aryl methyl sites for hydroxylation is 1. The predicted molar refractivity (Wildman–Crippen MR) is 113 cm³/mol. The van der Waals surface area contributed by atoms with E-state index >= 15 is 0 Å². The van der Waals surface area contributed by atoms with Gasteiger partial charge < -0.3 is 9.84 Å². The molecule has 0 bridgehead atoms. The van der Waals surface area contributed by atoms with Gasteiger partial charge in [-0.1, -0.05) is 63.6 Å². The molecule has 1 aromatic carbocycles. The minimum absolute atomic E-state index is 0.0265. The zero-order chi connectivity index (χ0) is 19.3. The van der Waals surface area contributed by atoms with Gasteiger partial charge in [-0.3, -0.25) is 4.90 Å². The number of benzene rings is 1. The third kappa shape index (κ3) is 8.79. The van der Waals surface area contributed by atoms with Crippen LogP contribution in [0.4, 0.5) is 5.69 Å². The molecular weight excluding hydrogens is 336 g/mol. The highest BCUT2D eigenvalue weighted by molar-refractivity contribution is 5.59. The van der Waals surface area contributed by atoms with E-state index in [2.05, 4.69) is 28.9 Å². The fourth-order valence-electron chi connectivity index (χ4n) is 3.83. The van der Waals surface area contributed by atoms with Crippen molar-refractivity contribution in [2.45, 2.75) is 84.2 Å². The molecule has 152 valence electrons. The van der Waals surface area contributed by atoms with Crippen molar-refractivity contribution in [2.24, 2.45) is 0 Å². The smallest absolute Gasteiger partial charge is 0.430 e. The Bertz CT molecular complexity index is 553. The van der Waals surface area contributed by atoms with Crippen molar-refractivity contribution < 1.29 is 14.8 Å². The van der Waals surface area contributed by atoms with E-state index in [9.17, 15) is 5.11 Å². The zero-order valence-electron chi connectivity index (χ0n) is 17.4. The summed E-state index contributed by atoms with van der Waals surface area (Å²) >= 11 is 0. The van der Waals surface area contributed by atoms with Gasteiger partial charge in [-0.05, 0) is 45.7 Å². The monoisotopic (exact) mass is 375 g/mol. The third-order valence-corrected chi connectivity index (χ3v) is 5.34. The van der Waals surface area contributed by atoms with Crippen molar-refractivity contribution in [3.05, 3.63) is 29.8 Å². The van der Waals surface area contributed by atoms with Crippen molar-refractivity contribution in [2.75, 3.05) is 19.6 Å². The largest absolute Gasteiger partial charge is 0.551 e. The summed E-state index contributed by atoms with van der Waals surface area (Å²) in [5.74, 6) is 0. The average molecular weight is 376 g/mol. The minimum Gasteiger partial charge on any atom is -0.430 e. The van der Waals surface area contributed by atoms with Crippen LogP contribution in [-0.4, -0.2) is 41.8 Å². The maximum Gasteiger partial charge on any atom is 0.551 e. The quantitative estimate of drug-likeness (QED) is 0.348. The Morgan fingerprint density at radius 3 is 2.56 bits per heavy atom. The number of piperidine rings is 1. The van der Waals surface area contributed by atoms with Crippen LogP contribution in [0.3, 0.4) is 0 Å². The molecule has 1 heterocycles. The number of nitrogens with zero attached hydrogens (tertiary/aromatic N) is 1. The van der Waals surface area contributed by atoms with Crippen LogP contribution in [-0.2, 0) is 11.2 Å². The molecule has 4 nitrogen and oxygen atoms in total. The van der Waals surface area contributed by atoms with Crippen LogP contribution < -0.4 is 4.99 Å². The number of rotatable bonds is 11. The maximum absolute atomic E-state index is 10.3. The van der Waals surface area contributed by atoms with E-state index in [0.29, 0.717) is 0 Å². The van der Waals surface area contributed by atoms with Crippen LogP contribution in [0.15, 0.2) is 24.3 Å². The molecule has 1 fully saturated rings. The molecule has 0 aromatic heterocycles. The molecule has 1 atom stereocenters.